The van der Waals surface area contributed by atoms with E-state index in [-0.39, 0.29) is 5.56 Å². The van der Waals surface area contributed by atoms with Crippen LogP contribution in [0, 0.1) is 0 Å². The molecule has 0 aliphatic carbocycles. The summed E-state index contributed by atoms with van der Waals surface area (Å²) in [6, 6.07) is 9.64. The Morgan fingerprint density at radius 2 is 2.07 bits per heavy atom. The molecule has 8 heteroatoms. The molecule has 0 spiro atoms. The van der Waals surface area contributed by atoms with Crippen molar-refractivity contribution in [3.63, 3.8) is 0 Å². The number of nitrogens with one attached hydrogen (secondary N) is 2. The van der Waals surface area contributed by atoms with Crippen LogP contribution in [-0.2, 0) is 11.3 Å². The highest BCUT2D eigenvalue weighted by molar-refractivity contribution is 5.79. The van der Waals surface area contributed by atoms with Crippen molar-refractivity contribution in [2.75, 3.05) is 18.5 Å². The summed E-state index contributed by atoms with van der Waals surface area (Å²) in [5.41, 5.74) is 3.33. The summed E-state index contributed by atoms with van der Waals surface area (Å²) in [5, 5.41) is 4.45. The van der Waals surface area contributed by atoms with Crippen LogP contribution >= 0.6 is 0 Å². The Balaban J connectivity index is 1.35. The Hall–Kier alpha value is -3.52. The first-order valence-corrected chi connectivity index (χ1v) is 10.0. The Kier molecular flexibility index (Phi) is 4.98. The van der Waals surface area contributed by atoms with Crippen LogP contribution in [0.2, 0.25) is 0 Å². The number of H-pyrrole nitrogens is 1. The van der Waals surface area contributed by atoms with Crippen LogP contribution in [0.15, 0.2) is 59.9 Å². The standard InChI is InChI=1S/C22H22N6O2/c29-21-12-16(19-2-7-24-22(27-19)26-17-4-9-30-10-5-17)3-8-28(21)14-18-11-15-1-6-23-13-20(15)25-18/h1-3,6-8,11-13,17,25H,4-5,9-10,14H2,(H,24,26,27). The minimum Gasteiger partial charge on any atom is -0.381 e. The second-order valence-electron chi connectivity index (χ2n) is 7.44. The minimum atomic E-state index is -0.0816. The zero-order valence-electron chi connectivity index (χ0n) is 16.4. The molecule has 1 fully saturated rings. The highest BCUT2D eigenvalue weighted by atomic mass is 16.5. The van der Waals surface area contributed by atoms with Crippen molar-refractivity contribution >= 4 is 16.9 Å². The Morgan fingerprint density at radius 3 is 2.90 bits per heavy atom. The number of aromatic amines is 1. The predicted octanol–water partition coefficient (Wildman–Crippen LogP) is 2.82. The quantitative estimate of drug-likeness (QED) is 0.533. The third-order valence-corrected chi connectivity index (χ3v) is 5.32. The molecule has 1 aliphatic rings. The lowest BCUT2D eigenvalue weighted by atomic mass is 10.1. The van der Waals surface area contributed by atoms with Crippen LogP contribution in [0.4, 0.5) is 5.95 Å². The van der Waals surface area contributed by atoms with Gasteiger partial charge in [0.25, 0.3) is 5.56 Å². The van der Waals surface area contributed by atoms with Crippen LogP contribution < -0.4 is 10.9 Å². The molecule has 152 valence electrons. The number of aromatic nitrogens is 5. The second-order valence-corrected chi connectivity index (χ2v) is 7.44. The fourth-order valence-electron chi connectivity index (χ4n) is 3.71. The molecule has 0 radical (unpaired) electrons. The number of hydrogen-bond acceptors (Lipinski definition) is 6. The van der Waals surface area contributed by atoms with Gasteiger partial charge in [0, 0.05) is 60.6 Å². The second kappa shape index (κ2) is 8.08. The molecule has 0 bridgehead atoms. The number of anilines is 1. The molecule has 5 heterocycles. The molecule has 8 nitrogen and oxygen atoms in total. The van der Waals surface area contributed by atoms with E-state index in [1.807, 2.05) is 24.3 Å². The van der Waals surface area contributed by atoms with Crippen molar-refractivity contribution in [1.29, 1.82) is 0 Å². The zero-order chi connectivity index (χ0) is 20.3. The number of nitrogens with zero attached hydrogens (tertiary/aromatic N) is 4. The van der Waals surface area contributed by atoms with Gasteiger partial charge in [-0.3, -0.25) is 9.78 Å². The van der Waals surface area contributed by atoms with Crippen LogP contribution in [0.3, 0.4) is 0 Å². The average molecular weight is 402 g/mol. The summed E-state index contributed by atoms with van der Waals surface area (Å²) in [4.78, 5) is 29.0. The Bertz CT molecular complexity index is 1190. The third kappa shape index (κ3) is 3.95. The van der Waals surface area contributed by atoms with Crippen molar-refractivity contribution in [1.82, 2.24) is 24.5 Å². The molecule has 2 N–H and O–H groups in total. The molecule has 4 aromatic heterocycles. The van der Waals surface area contributed by atoms with E-state index in [9.17, 15) is 4.79 Å². The zero-order valence-corrected chi connectivity index (χ0v) is 16.4. The first-order chi connectivity index (χ1) is 14.7. The summed E-state index contributed by atoms with van der Waals surface area (Å²) in [6.45, 7) is 1.97. The highest BCUT2D eigenvalue weighted by Gasteiger charge is 2.15. The van der Waals surface area contributed by atoms with Crippen LogP contribution in [0.25, 0.3) is 22.2 Å². The number of ether oxygens (including phenoxy) is 1. The third-order valence-electron chi connectivity index (χ3n) is 5.32. The number of fused-ring (bicyclic) bond motifs is 1. The average Bonchev–Trinajstić information content (AvgIpc) is 3.18. The molecular weight excluding hydrogens is 380 g/mol. The summed E-state index contributed by atoms with van der Waals surface area (Å²) in [5.74, 6) is 0.579. The van der Waals surface area contributed by atoms with Gasteiger partial charge in [0.05, 0.1) is 24.0 Å². The highest BCUT2D eigenvalue weighted by Crippen LogP contribution is 2.18. The van der Waals surface area contributed by atoms with Gasteiger partial charge in [0.1, 0.15) is 0 Å². The lowest BCUT2D eigenvalue weighted by Gasteiger charge is -2.23. The SMILES string of the molecule is O=c1cc(-c2ccnc(NC3CCOCC3)n2)ccn1Cc1cc2ccncc2[nH]1. The van der Waals surface area contributed by atoms with Gasteiger partial charge in [-0.05, 0) is 37.1 Å². The fraction of sp³-hybridized carbons (Fsp3) is 0.273. The van der Waals surface area contributed by atoms with E-state index in [1.54, 1.807) is 35.4 Å². The first kappa shape index (κ1) is 18.5. The Morgan fingerprint density at radius 1 is 1.17 bits per heavy atom. The van der Waals surface area contributed by atoms with Gasteiger partial charge in [0.2, 0.25) is 5.95 Å². The molecular formula is C22H22N6O2. The van der Waals surface area contributed by atoms with E-state index in [2.05, 4.69) is 25.3 Å². The molecule has 0 unspecified atom stereocenters. The van der Waals surface area contributed by atoms with E-state index in [0.717, 1.165) is 53.9 Å². The molecule has 0 amide bonds. The van der Waals surface area contributed by atoms with E-state index in [4.69, 9.17) is 4.74 Å². The number of pyridine rings is 2. The monoisotopic (exact) mass is 402 g/mol. The van der Waals surface area contributed by atoms with Crippen molar-refractivity contribution in [3.8, 4) is 11.3 Å². The molecule has 0 aromatic carbocycles. The summed E-state index contributed by atoms with van der Waals surface area (Å²) >= 11 is 0. The number of rotatable bonds is 5. The van der Waals surface area contributed by atoms with E-state index in [0.29, 0.717) is 18.5 Å². The van der Waals surface area contributed by atoms with Crippen molar-refractivity contribution in [2.45, 2.75) is 25.4 Å². The first-order valence-electron chi connectivity index (χ1n) is 10.0. The van der Waals surface area contributed by atoms with Crippen molar-refractivity contribution in [3.05, 3.63) is 71.2 Å². The van der Waals surface area contributed by atoms with Crippen molar-refractivity contribution in [2.24, 2.45) is 0 Å². The van der Waals surface area contributed by atoms with Gasteiger partial charge >= 0.3 is 0 Å². The molecule has 0 saturated carbocycles. The maximum atomic E-state index is 12.7. The molecule has 4 aromatic rings. The normalized spacial score (nSPS) is 14.8. The van der Waals surface area contributed by atoms with Gasteiger partial charge in [-0.25, -0.2) is 9.97 Å². The van der Waals surface area contributed by atoms with Crippen LogP contribution in [-0.4, -0.2) is 43.8 Å². The molecule has 5 rings (SSSR count). The van der Waals surface area contributed by atoms with E-state index in [1.165, 1.54) is 0 Å². The van der Waals surface area contributed by atoms with Gasteiger partial charge in [0.15, 0.2) is 0 Å². The largest absolute Gasteiger partial charge is 0.381 e. The summed E-state index contributed by atoms with van der Waals surface area (Å²) < 4.78 is 7.06. The summed E-state index contributed by atoms with van der Waals surface area (Å²) in [6.07, 6.45) is 8.93. The molecule has 0 atom stereocenters. The summed E-state index contributed by atoms with van der Waals surface area (Å²) in [7, 11) is 0. The molecule has 1 aliphatic heterocycles. The Labute approximate surface area is 173 Å². The maximum Gasteiger partial charge on any atom is 0.251 e. The van der Waals surface area contributed by atoms with E-state index < -0.39 is 0 Å². The van der Waals surface area contributed by atoms with Gasteiger partial charge in [-0.1, -0.05) is 0 Å². The lowest BCUT2D eigenvalue weighted by Crippen LogP contribution is -2.28. The van der Waals surface area contributed by atoms with Gasteiger partial charge in [-0.15, -0.1) is 0 Å². The van der Waals surface area contributed by atoms with Crippen molar-refractivity contribution < 1.29 is 4.74 Å². The van der Waals surface area contributed by atoms with Crippen LogP contribution in [0.1, 0.15) is 18.5 Å². The smallest absolute Gasteiger partial charge is 0.251 e. The fourth-order valence-corrected chi connectivity index (χ4v) is 3.71. The maximum absolute atomic E-state index is 12.7. The predicted molar refractivity (Wildman–Crippen MR) is 114 cm³/mol. The minimum absolute atomic E-state index is 0.0816. The van der Waals surface area contributed by atoms with Gasteiger partial charge in [-0.2, -0.15) is 0 Å². The molecule has 1 saturated heterocycles. The topological polar surface area (TPSA) is 97.7 Å². The van der Waals surface area contributed by atoms with Crippen LogP contribution in [0.5, 0.6) is 0 Å². The molecule has 30 heavy (non-hydrogen) atoms. The van der Waals surface area contributed by atoms with E-state index >= 15 is 0 Å². The number of hydrogen-bond donors (Lipinski definition) is 2. The lowest BCUT2D eigenvalue weighted by molar-refractivity contribution is 0.0903. The van der Waals surface area contributed by atoms with Gasteiger partial charge < -0.3 is 19.6 Å².